The Morgan fingerprint density at radius 2 is 2.00 bits per heavy atom. The van der Waals surface area contributed by atoms with Crippen molar-refractivity contribution in [3.8, 4) is 0 Å². The van der Waals surface area contributed by atoms with Crippen LogP contribution in [0.1, 0.15) is 15.9 Å². The van der Waals surface area contributed by atoms with Gasteiger partial charge in [0.15, 0.2) is 0 Å². The van der Waals surface area contributed by atoms with Crippen molar-refractivity contribution >= 4 is 44.8 Å². The molecule has 0 aliphatic heterocycles. The molecule has 0 aliphatic rings. The van der Waals surface area contributed by atoms with Crippen LogP contribution >= 0.6 is 27.5 Å². The molecule has 0 saturated heterocycles. The van der Waals surface area contributed by atoms with Gasteiger partial charge < -0.3 is 11.1 Å². The maximum Gasteiger partial charge on any atom is 0.256 e. The number of hydrogen-bond acceptors (Lipinski definition) is 2. The van der Waals surface area contributed by atoms with Gasteiger partial charge in [-0.3, -0.25) is 4.79 Å². The van der Waals surface area contributed by atoms with E-state index in [-0.39, 0.29) is 5.91 Å². The highest BCUT2D eigenvalue weighted by Crippen LogP contribution is 2.25. The van der Waals surface area contributed by atoms with Gasteiger partial charge in [-0.15, -0.1) is 0 Å². The lowest BCUT2D eigenvalue weighted by Gasteiger charge is -2.09. The van der Waals surface area contributed by atoms with E-state index in [1.54, 1.807) is 30.3 Å². The number of hydrogen-bond donors (Lipinski definition) is 2. The van der Waals surface area contributed by atoms with E-state index in [0.717, 1.165) is 5.56 Å². The van der Waals surface area contributed by atoms with E-state index in [2.05, 4.69) is 21.2 Å². The Hall–Kier alpha value is -1.52. The molecule has 0 radical (unpaired) electrons. The molecule has 3 N–H and O–H groups in total. The molecule has 98 valence electrons. The topological polar surface area (TPSA) is 55.1 Å². The summed E-state index contributed by atoms with van der Waals surface area (Å²) in [6.45, 7) is 1.94. The molecule has 0 heterocycles. The average molecular weight is 340 g/mol. The molecule has 0 aliphatic carbocycles. The highest BCUT2D eigenvalue weighted by molar-refractivity contribution is 9.10. The zero-order valence-corrected chi connectivity index (χ0v) is 12.5. The average Bonchev–Trinajstić information content (AvgIpc) is 2.35. The highest BCUT2D eigenvalue weighted by atomic mass is 79.9. The number of nitrogen functional groups attached to an aromatic ring is 1. The number of carbonyl (C=O) groups excluding carboxylic acids is 1. The molecule has 1 amide bonds. The predicted molar refractivity (Wildman–Crippen MR) is 82.7 cm³/mol. The summed E-state index contributed by atoms with van der Waals surface area (Å²) in [6.07, 6.45) is 0. The third-order valence-corrected chi connectivity index (χ3v) is 3.61. The van der Waals surface area contributed by atoms with Crippen LogP contribution in [-0.4, -0.2) is 5.91 Å². The first-order chi connectivity index (χ1) is 8.97. The smallest absolute Gasteiger partial charge is 0.256 e. The van der Waals surface area contributed by atoms with E-state index in [0.29, 0.717) is 26.4 Å². The second-order valence-corrected chi connectivity index (χ2v) is 5.44. The third kappa shape index (κ3) is 3.28. The monoisotopic (exact) mass is 338 g/mol. The Morgan fingerprint density at radius 1 is 1.26 bits per heavy atom. The quantitative estimate of drug-likeness (QED) is 0.804. The fourth-order valence-electron chi connectivity index (χ4n) is 1.63. The van der Waals surface area contributed by atoms with Gasteiger partial charge in [-0.1, -0.05) is 17.7 Å². The fourth-order valence-corrected chi connectivity index (χ4v) is 2.34. The van der Waals surface area contributed by atoms with Gasteiger partial charge in [-0.25, -0.2) is 0 Å². The van der Waals surface area contributed by atoms with E-state index >= 15 is 0 Å². The van der Waals surface area contributed by atoms with Crippen LogP contribution in [0.5, 0.6) is 0 Å². The number of amides is 1. The minimum absolute atomic E-state index is 0.259. The SMILES string of the molecule is Cc1ccc(NC(=O)c2cc(N)ccc2Br)c(Cl)c1. The van der Waals surface area contributed by atoms with Crippen LogP contribution in [-0.2, 0) is 0 Å². The van der Waals surface area contributed by atoms with E-state index < -0.39 is 0 Å². The zero-order valence-electron chi connectivity index (χ0n) is 10.2. The number of anilines is 2. The van der Waals surface area contributed by atoms with Crippen molar-refractivity contribution in [2.75, 3.05) is 11.1 Å². The first-order valence-electron chi connectivity index (χ1n) is 5.60. The van der Waals surface area contributed by atoms with E-state index in [4.69, 9.17) is 17.3 Å². The van der Waals surface area contributed by atoms with Crippen LogP contribution in [0.3, 0.4) is 0 Å². The number of nitrogens with one attached hydrogen (secondary N) is 1. The van der Waals surface area contributed by atoms with E-state index in [1.807, 2.05) is 13.0 Å². The van der Waals surface area contributed by atoms with Gasteiger partial charge in [0.25, 0.3) is 5.91 Å². The molecule has 0 spiro atoms. The minimum Gasteiger partial charge on any atom is -0.399 e. The molecule has 2 aromatic rings. The van der Waals surface area contributed by atoms with Crippen molar-refractivity contribution in [3.05, 3.63) is 57.0 Å². The van der Waals surface area contributed by atoms with Crippen molar-refractivity contribution in [1.82, 2.24) is 0 Å². The lowest BCUT2D eigenvalue weighted by molar-refractivity contribution is 0.102. The zero-order chi connectivity index (χ0) is 14.0. The Morgan fingerprint density at radius 3 is 2.68 bits per heavy atom. The number of rotatable bonds is 2. The van der Waals surface area contributed by atoms with Gasteiger partial charge >= 0.3 is 0 Å². The fraction of sp³-hybridized carbons (Fsp3) is 0.0714. The highest BCUT2D eigenvalue weighted by Gasteiger charge is 2.12. The summed E-state index contributed by atoms with van der Waals surface area (Å²) in [7, 11) is 0. The molecule has 19 heavy (non-hydrogen) atoms. The molecule has 0 fully saturated rings. The molecule has 0 atom stereocenters. The van der Waals surface area contributed by atoms with Crippen molar-refractivity contribution in [3.63, 3.8) is 0 Å². The number of carbonyl (C=O) groups is 1. The Labute approximate surface area is 124 Å². The van der Waals surface area contributed by atoms with Gasteiger partial charge in [0, 0.05) is 10.2 Å². The summed E-state index contributed by atoms with van der Waals surface area (Å²) in [4.78, 5) is 12.2. The molecule has 0 unspecified atom stereocenters. The predicted octanol–water partition coefficient (Wildman–Crippen LogP) is 4.25. The molecular formula is C14H12BrClN2O. The first kappa shape index (κ1) is 13.9. The summed E-state index contributed by atoms with van der Waals surface area (Å²) >= 11 is 9.41. The van der Waals surface area contributed by atoms with Crippen LogP contribution in [0.4, 0.5) is 11.4 Å². The van der Waals surface area contributed by atoms with Crippen molar-refractivity contribution in [1.29, 1.82) is 0 Å². The second kappa shape index (κ2) is 5.63. The minimum atomic E-state index is -0.259. The molecule has 5 heteroatoms. The van der Waals surface area contributed by atoms with Crippen LogP contribution in [0, 0.1) is 6.92 Å². The lowest BCUT2D eigenvalue weighted by atomic mass is 10.1. The molecule has 3 nitrogen and oxygen atoms in total. The molecule has 0 bridgehead atoms. The number of halogens is 2. The van der Waals surface area contributed by atoms with Crippen molar-refractivity contribution < 1.29 is 4.79 Å². The largest absolute Gasteiger partial charge is 0.399 e. The van der Waals surface area contributed by atoms with E-state index in [9.17, 15) is 4.79 Å². The van der Waals surface area contributed by atoms with Gasteiger partial charge in [0.2, 0.25) is 0 Å². The summed E-state index contributed by atoms with van der Waals surface area (Å²) < 4.78 is 0.683. The van der Waals surface area contributed by atoms with Gasteiger partial charge in [0.1, 0.15) is 0 Å². The standard InChI is InChI=1S/C14H12BrClN2O/c1-8-2-5-13(12(16)6-8)18-14(19)10-7-9(17)3-4-11(10)15/h2-7H,17H2,1H3,(H,18,19). The molecule has 2 aromatic carbocycles. The van der Waals surface area contributed by atoms with Gasteiger partial charge in [-0.2, -0.15) is 0 Å². The van der Waals surface area contributed by atoms with Gasteiger partial charge in [0.05, 0.1) is 16.3 Å². The molecule has 0 saturated carbocycles. The Kier molecular flexibility index (Phi) is 4.12. The lowest BCUT2D eigenvalue weighted by Crippen LogP contribution is -2.13. The summed E-state index contributed by atoms with van der Waals surface area (Å²) in [5.41, 5.74) is 8.29. The van der Waals surface area contributed by atoms with Crippen LogP contribution in [0.15, 0.2) is 40.9 Å². The second-order valence-electron chi connectivity index (χ2n) is 4.18. The number of benzene rings is 2. The summed E-state index contributed by atoms with van der Waals surface area (Å²) in [5, 5.41) is 3.27. The Bertz CT molecular complexity index is 643. The third-order valence-electron chi connectivity index (χ3n) is 2.61. The molecule has 2 rings (SSSR count). The van der Waals surface area contributed by atoms with Crippen molar-refractivity contribution in [2.45, 2.75) is 6.92 Å². The summed E-state index contributed by atoms with van der Waals surface area (Å²) in [6, 6.07) is 10.5. The van der Waals surface area contributed by atoms with Crippen molar-refractivity contribution in [2.24, 2.45) is 0 Å². The van der Waals surface area contributed by atoms with Gasteiger partial charge in [-0.05, 0) is 58.7 Å². The van der Waals surface area contributed by atoms with Crippen LogP contribution in [0.2, 0.25) is 5.02 Å². The first-order valence-corrected chi connectivity index (χ1v) is 6.77. The molecular weight excluding hydrogens is 328 g/mol. The maximum absolute atomic E-state index is 12.2. The van der Waals surface area contributed by atoms with Crippen LogP contribution < -0.4 is 11.1 Å². The number of nitrogens with two attached hydrogens (primary N) is 1. The summed E-state index contributed by atoms with van der Waals surface area (Å²) in [5.74, 6) is -0.259. The van der Waals surface area contributed by atoms with E-state index in [1.165, 1.54) is 0 Å². The normalized spacial score (nSPS) is 10.3. The van der Waals surface area contributed by atoms with Crippen LogP contribution in [0.25, 0.3) is 0 Å². The molecule has 0 aromatic heterocycles. The Balaban J connectivity index is 2.28. The number of aryl methyl sites for hydroxylation is 1. The maximum atomic E-state index is 12.2.